The first-order chi connectivity index (χ1) is 19.1. The van der Waals surface area contributed by atoms with Crippen molar-refractivity contribution in [2.45, 2.75) is 58.2 Å². The maximum Gasteiger partial charge on any atom is 0.255 e. The zero-order valence-corrected chi connectivity index (χ0v) is 23.8. The molecule has 4 N–H and O–H groups in total. The van der Waals surface area contributed by atoms with Crippen LogP contribution < -0.4 is 26.0 Å². The van der Waals surface area contributed by atoms with E-state index in [0.717, 1.165) is 25.9 Å². The summed E-state index contributed by atoms with van der Waals surface area (Å²) in [5.41, 5.74) is 0.196. The van der Waals surface area contributed by atoms with Crippen molar-refractivity contribution in [1.82, 2.24) is 31.1 Å². The van der Waals surface area contributed by atoms with Gasteiger partial charge in [0.1, 0.15) is 24.4 Å². The molecule has 5 amide bonds. The first-order valence-corrected chi connectivity index (χ1v) is 14.0. The number of hydrogen-bond donors (Lipinski definition) is 4. The fourth-order valence-corrected chi connectivity index (χ4v) is 4.94. The largest absolute Gasteiger partial charge is 0.491 e. The highest BCUT2D eigenvalue weighted by molar-refractivity contribution is 6.01. The number of carbonyl (C=O) groups is 5. The summed E-state index contributed by atoms with van der Waals surface area (Å²) >= 11 is 0. The molecule has 0 spiro atoms. The molecule has 12 nitrogen and oxygen atoms in total. The maximum atomic E-state index is 13.3. The van der Waals surface area contributed by atoms with E-state index in [9.17, 15) is 24.0 Å². The number of nitrogens with one attached hydrogen (secondary N) is 4. The van der Waals surface area contributed by atoms with E-state index in [2.05, 4.69) is 33.1 Å². The van der Waals surface area contributed by atoms with Crippen molar-refractivity contribution < 1.29 is 28.7 Å². The molecule has 0 unspecified atom stereocenters. The fraction of sp³-hybridized carbons (Fsp3) is 0.607. The van der Waals surface area contributed by atoms with Crippen LogP contribution in [0.15, 0.2) is 24.3 Å². The Morgan fingerprint density at radius 2 is 1.90 bits per heavy atom. The molecule has 1 saturated heterocycles. The molecule has 3 rings (SSSR count). The molecule has 2 aliphatic rings. The monoisotopic (exact) mass is 558 g/mol. The highest BCUT2D eigenvalue weighted by atomic mass is 16.5. The second-order valence-corrected chi connectivity index (χ2v) is 10.6. The molecule has 2 heterocycles. The van der Waals surface area contributed by atoms with Gasteiger partial charge in [0, 0.05) is 19.6 Å². The molecular weight excluding hydrogens is 516 g/mol. The highest BCUT2D eigenvalue weighted by Gasteiger charge is 2.30. The van der Waals surface area contributed by atoms with Crippen LogP contribution in [0.2, 0.25) is 0 Å². The van der Waals surface area contributed by atoms with Gasteiger partial charge in [0.2, 0.25) is 23.6 Å². The summed E-state index contributed by atoms with van der Waals surface area (Å²) in [6.45, 7) is 7.85. The molecule has 1 aromatic rings. The average Bonchev–Trinajstić information content (AvgIpc) is 3.39. The molecule has 12 heteroatoms. The number of carbonyl (C=O) groups excluding carboxylic acids is 5. The van der Waals surface area contributed by atoms with Crippen LogP contribution in [0.1, 0.15) is 50.4 Å². The van der Waals surface area contributed by atoms with Crippen molar-refractivity contribution >= 4 is 29.5 Å². The Hall–Kier alpha value is -3.67. The summed E-state index contributed by atoms with van der Waals surface area (Å²) in [7, 11) is 1.44. The lowest BCUT2D eigenvalue weighted by Gasteiger charge is -2.26. The number of ether oxygens (including phenoxy) is 1. The maximum absolute atomic E-state index is 13.3. The summed E-state index contributed by atoms with van der Waals surface area (Å²) in [5, 5.41) is 11.0. The van der Waals surface area contributed by atoms with Gasteiger partial charge in [-0.15, -0.1) is 0 Å². The van der Waals surface area contributed by atoms with Crippen molar-refractivity contribution in [3.05, 3.63) is 29.8 Å². The quantitative estimate of drug-likeness (QED) is 0.394. The van der Waals surface area contributed by atoms with E-state index in [1.807, 2.05) is 0 Å². The van der Waals surface area contributed by atoms with Crippen molar-refractivity contribution in [1.29, 1.82) is 0 Å². The second-order valence-electron chi connectivity index (χ2n) is 10.6. The smallest absolute Gasteiger partial charge is 0.255 e. The number of amides is 5. The fourth-order valence-electron chi connectivity index (χ4n) is 4.94. The summed E-state index contributed by atoms with van der Waals surface area (Å²) in [5.74, 6) is -2.38. The van der Waals surface area contributed by atoms with E-state index in [-0.39, 0.29) is 55.3 Å². The summed E-state index contributed by atoms with van der Waals surface area (Å²) in [4.78, 5) is 68.6. The predicted octanol–water partition coefficient (Wildman–Crippen LogP) is -0.117. The number of fused-ring (bicyclic) bond motifs is 1. The van der Waals surface area contributed by atoms with Gasteiger partial charge in [-0.05, 0) is 44.0 Å². The molecule has 220 valence electrons. The van der Waals surface area contributed by atoms with Crippen LogP contribution in [0.5, 0.6) is 5.75 Å². The minimum atomic E-state index is -1.17. The summed E-state index contributed by atoms with van der Waals surface area (Å²) in [6.07, 6.45) is 1.66. The molecule has 0 aliphatic carbocycles. The van der Waals surface area contributed by atoms with Gasteiger partial charge in [-0.25, -0.2) is 0 Å². The Labute approximate surface area is 235 Å². The van der Waals surface area contributed by atoms with Gasteiger partial charge in [0.15, 0.2) is 0 Å². The minimum absolute atomic E-state index is 0.0786. The van der Waals surface area contributed by atoms with Crippen LogP contribution >= 0.6 is 0 Å². The summed E-state index contributed by atoms with van der Waals surface area (Å²) in [6, 6.07) is 4.79. The molecule has 0 saturated carbocycles. The van der Waals surface area contributed by atoms with E-state index in [0.29, 0.717) is 6.54 Å². The molecule has 1 fully saturated rings. The second kappa shape index (κ2) is 14.6. The first-order valence-electron chi connectivity index (χ1n) is 14.0. The van der Waals surface area contributed by atoms with Crippen molar-refractivity contribution in [2.75, 3.05) is 46.4 Å². The number of para-hydroxylation sites is 1. The number of benzene rings is 1. The van der Waals surface area contributed by atoms with Crippen LogP contribution in [-0.2, 0) is 19.2 Å². The molecule has 0 aromatic heterocycles. The van der Waals surface area contributed by atoms with Gasteiger partial charge in [-0.2, -0.15) is 0 Å². The van der Waals surface area contributed by atoms with Crippen molar-refractivity contribution in [2.24, 2.45) is 5.92 Å². The van der Waals surface area contributed by atoms with Crippen LogP contribution in [0.25, 0.3) is 0 Å². The van der Waals surface area contributed by atoms with Crippen LogP contribution in [0, 0.1) is 5.92 Å². The van der Waals surface area contributed by atoms with E-state index < -0.39 is 35.7 Å². The lowest BCUT2D eigenvalue weighted by Crippen LogP contribution is -2.53. The molecule has 2 aliphatic heterocycles. The number of nitrogens with zero attached hydrogens (tertiary/aromatic N) is 2. The topological polar surface area (TPSA) is 149 Å². The zero-order chi connectivity index (χ0) is 29.2. The standard InChI is InChI=1S/C28H42N6O6/c1-5-34-13-8-9-19(34)16-30-27(38)21-15-24(36)33(4)17-23(35)32-25(18(2)3)28(39)29-12-14-40-22-11-7-6-10-20(22)26(37)31-21/h6-7,10-11,18-19,21,25H,5,8-9,12-17H2,1-4H3,(H,29,39)(H,30,38)(H,31,37)(H,32,35)/t19-,21-,25+/m0/s1. The van der Waals surface area contributed by atoms with Gasteiger partial charge >= 0.3 is 0 Å². The molecule has 0 bridgehead atoms. The molecule has 3 atom stereocenters. The van der Waals surface area contributed by atoms with Gasteiger partial charge in [0.25, 0.3) is 5.91 Å². The number of likely N-dealkylation sites (N-methyl/N-ethyl adjacent to an activating group) is 2. The number of likely N-dealkylation sites (tertiary alicyclic amines) is 1. The van der Waals surface area contributed by atoms with Gasteiger partial charge in [0.05, 0.1) is 25.1 Å². The minimum Gasteiger partial charge on any atom is -0.491 e. The third kappa shape index (κ3) is 8.41. The van der Waals surface area contributed by atoms with E-state index in [4.69, 9.17) is 4.74 Å². The lowest BCUT2D eigenvalue weighted by molar-refractivity contribution is -0.137. The van der Waals surface area contributed by atoms with Crippen LogP contribution in [0.4, 0.5) is 0 Å². The highest BCUT2D eigenvalue weighted by Crippen LogP contribution is 2.19. The average molecular weight is 559 g/mol. The molecule has 0 radical (unpaired) electrons. The van der Waals surface area contributed by atoms with E-state index in [1.165, 1.54) is 11.9 Å². The Morgan fingerprint density at radius 3 is 2.62 bits per heavy atom. The van der Waals surface area contributed by atoms with E-state index in [1.54, 1.807) is 38.1 Å². The first kappa shape index (κ1) is 30.9. The Kier molecular flexibility index (Phi) is 11.3. The Bertz CT molecular complexity index is 1080. The van der Waals surface area contributed by atoms with Crippen molar-refractivity contribution in [3.63, 3.8) is 0 Å². The van der Waals surface area contributed by atoms with E-state index >= 15 is 0 Å². The normalized spacial score (nSPS) is 23.9. The Balaban J connectivity index is 1.83. The predicted molar refractivity (Wildman–Crippen MR) is 149 cm³/mol. The van der Waals surface area contributed by atoms with Gasteiger partial charge in [-0.3, -0.25) is 28.9 Å². The molecule has 40 heavy (non-hydrogen) atoms. The Morgan fingerprint density at radius 1 is 1.15 bits per heavy atom. The number of hydrogen-bond acceptors (Lipinski definition) is 7. The third-order valence-corrected chi connectivity index (χ3v) is 7.28. The molecule has 1 aromatic carbocycles. The van der Waals surface area contributed by atoms with Crippen LogP contribution in [0.3, 0.4) is 0 Å². The van der Waals surface area contributed by atoms with Gasteiger partial charge < -0.3 is 30.9 Å². The lowest BCUT2D eigenvalue weighted by atomic mass is 10.0. The number of rotatable bonds is 5. The summed E-state index contributed by atoms with van der Waals surface area (Å²) < 4.78 is 5.78. The van der Waals surface area contributed by atoms with Crippen molar-refractivity contribution in [3.8, 4) is 5.75 Å². The van der Waals surface area contributed by atoms with Gasteiger partial charge in [-0.1, -0.05) is 32.9 Å². The van der Waals surface area contributed by atoms with Crippen LogP contribution in [-0.4, -0.2) is 104 Å². The molecular formula is C28H42N6O6. The SMILES string of the molecule is CCN1CCC[C@H]1CNC(=O)[C@@H]1CC(=O)N(C)CC(=O)N[C@H](C(C)C)C(=O)NCCOc2ccccc2C(=O)N1. The zero-order valence-electron chi connectivity index (χ0n) is 23.8. The third-order valence-electron chi connectivity index (χ3n) is 7.28.